The van der Waals surface area contributed by atoms with Gasteiger partial charge in [-0.05, 0) is 34.9 Å². The second kappa shape index (κ2) is 13.1. The standard InChI is InChI=1S/C26H25N3O6/c30-25(27-16-21-7-3-1-4-8-21)34-18-23(15-20-11-13-24(14-12-20)29(32)33)19-35-26(31)28-17-22-9-5-2-6-10-22/h1-15H,16-19H2,(H,27,30)(H,28,31). The minimum absolute atomic E-state index is 0.0446. The molecule has 35 heavy (non-hydrogen) atoms. The number of carbonyl (C=O) groups excluding carboxylic acids is 2. The summed E-state index contributed by atoms with van der Waals surface area (Å²) in [5, 5.41) is 16.2. The zero-order valence-electron chi connectivity index (χ0n) is 18.9. The van der Waals surface area contributed by atoms with Crippen molar-refractivity contribution in [3.63, 3.8) is 0 Å². The van der Waals surface area contributed by atoms with Crippen LogP contribution in [0.15, 0.2) is 90.5 Å². The number of ether oxygens (including phenoxy) is 2. The highest BCUT2D eigenvalue weighted by Crippen LogP contribution is 2.15. The Bertz CT molecular complexity index is 1090. The number of hydrogen-bond donors (Lipinski definition) is 2. The number of carbonyl (C=O) groups is 2. The molecule has 9 heteroatoms. The van der Waals surface area contributed by atoms with Crippen molar-refractivity contribution in [2.24, 2.45) is 0 Å². The Hall–Kier alpha value is -4.66. The highest BCUT2D eigenvalue weighted by Gasteiger charge is 2.10. The number of non-ortho nitro benzene ring substituents is 1. The number of nitrogens with zero attached hydrogens (tertiary/aromatic N) is 1. The molecule has 3 aromatic carbocycles. The fraction of sp³-hybridized carbons (Fsp3) is 0.154. The molecule has 0 aliphatic heterocycles. The zero-order chi connectivity index (χ0) is 24.9. The van der Waals surface area contributed by atoms with Gasteiger partial charge in [-0.15, -0.1) is 0 Å². The largest absolute Gasteiger partial charge is 0.445 e. The third-order valence-corrected chi connectivity index (χ3v) is 4.81. The van der Waals surface area contributed by atoms with Crippen LogP contribution in [0.4, 0.5) is 15.3 Å². The van der Waals surface area contributed by atoms with Crippen LogP contribution in [0.1, 0.15) is 16.7 Å². The van der Waals surface area contributed by atoms with E-state index in [1.54, 1.807) is 18.2 Å². The SMILES string of the molecule is O=C(NCc1ccccc1)OCC(=Cc1ccc([N+](=O)[O-])cc1)COC(=O)NCc1ccccc1. The van der Waals surface area contributed by atoms with Crippen LogP contribution in [0.5, 0.6) is 0 Å². The topological polar surface area (TPSA) is 120 Å². The van der Waals surface area contributed by atoms with E-state index in [2.05, 4.69) is 10.6 Å². The molecule has 2 amide bonds. The van der Waals surface area contributed by atoms with Gasteiger partial charge in [0.15, 0.2) is 0 Å². The summed E-state index contributed by atoms with van der Waals surface area (Å²) in [6.07, 6.45) is 0.396. The van der Waals surface area contributed by atoms with Gasteiger partial charge in [-0.3, -0.25) is 10.1 Å². The van der Waals surface area contributed by atoms with Gasteiger partial charge < -0.3 is 20.1 Å². The molecule has 0 radical (unpaired) electrons. The maximum atomic E-state index is 12.1. The lowest BCUT2D eigenvalue weighted by atomic mass is 10.1. The molecular formula is C26H25N3O6. The third kappa shape index (κ3) is 9.01. The van der Waals surface area contributed by atoms with Crippen LogP contribution in [0.2, 0.25) is 0 Å². The summed E-state index contributed by atoms with van der Waals surface area (Å²) in [4.78, 5) is 34.7. The molecule has 0 bridgehead atoms. The summed E-state index contributed by atoms with van der Waals surface area (Å²) in [6, 6.07) is 24.6. The molecule has 3 aromatic rings. The number of nitro groups is 1. The van der Waals surface area contributed by atoms with Gasteiger partial charge in [0.05, 0.1) is 4.92 Å². The average Bonchev–Trinajstić information content (AvgIpc) is 2.89. The van der Waals surface area contributed by atoms with Gasteiger partial charge in [-0.1, -0.05) is 60.7 Å². The molecule has 0 atom stereocenters. The monoisotopic (exact) mass is 475 g/mol. The molecule has 9 nitrogen and oxygen atoms in total. The van der Waals surface area contributed by atoms with Gasteiger partial charge in [0.1, 0.15) is 13.2 Å². The summed E-state index contributed by atoms with van der Waals surface area (Å²) >= 11 is 0. The lowest BCUT2D eigenvalue weighted by Crippen LogP contribution is -2.27. The van der Waals surface area contributed by atoms with Crippen LogP contribution < -0.4 is 10.6 Å². The summed E-state index contributed by atoms with van der Waals surface area (Å²) in [6.45, 7) is 0.339. The average molecular weight is 476 g/mol. The minimum Gasteiger partial charge on any atom is -0.445 e. The second-order valence-electron chi connectivity index (χ2n) is 7.48. The highest BCUT2D eigenvalue weighted by atomic mass is 16.6. The molecule has 0 spiro atoms. The summed E-state index contributed by atoms with van der Waals surface area (Å²) in [7, 11) is 0. The maximum absolute atomic E-state index is 12.1. The van der Waals surface area contributed by atoms with Crippen LogP contribution >= 0.6 is 0 Å². The maximum Gasteiger partial charge on any atom is 0.407 e. The Morgan fingerprint density at radius 1 is 0.743 bits per heavy atom. The number of benzene rings is 3. The van der Waals surface area contributed by atoms with E-state index < -0.39 is 17.1 Å². The van der Waals surface area contributed by atoms with Crippen LogP contribution in [0, 0.1) is 10.1 Å². The predicted molar refractivity (Wildman–Crippen MR) is 130 cm³/mol. The smallest absolute Gasteiger partial charge is 0.407 e. The minimum atomic E-state index is -0.628. The molecule has 180 valence electrons. The molecule has 0 saturated carbocycles. The van der Waals surface area contributed by atoms with E-state index in [0.717, 1.165) is 11.1 Å². The van der Waals surface area contributed by atoms with E-state index in [-0.39, 0.29) is 18.9 Å². The quantitative estimate of drug-likeness (QED) is 0.320. The lowest BCUT2D eigenvalue weighted by Gasteiger charge is -2.12. The number of alkyl carbamates (subject to hydrolysis) is 2. The molecule has 0 fully saturated rings. The first-order chi connectivity index (χ1) is 17.0. The van der Waals surface area contributed by atoms with E-state index in [4.69, 9.17) is 9.47 Å². The van der Waals surface area contributed by atoms with Crippen molar-refractivity contribution in [1.29, 1.82) is 0 Å². The van der Waals surface area contributed by atoms with Crippen molar-refractivity contribution < 1.29 is 24.0 Å². The van der Waals surface area contributed by atoms with Gasteiger partial charge in [-0.25, -0.2) is 9.59 Å². The van der Waals surface area contributed by atoms with Gasteiger partial charge >= 0.3 is 12.2 Å². The zero-order valence-corrected chi connectivity index (χ0v) is 18.9. The molecule has 0 heterocycles. The van der Waals surface area contributed by atoms with Crippen molar-refractivity contribution in [3.05, 3.63) is 117 Å². The van der Waals surface area contributed by atoms with E-state index in [1.807, 2.05) is 60.7 Å². The van der Waals surface area contributed by atoms with E-state index in [9.17, 15) is 19.7 Å². The summed E-state index contributed by atoms with van der Waals surface area (Å²) < 4.78 is 10.6. The molecule has 3 rings (SSSR count). The van der Waals surface area contributed by atoms with E-state index in [1.165, 1.54) is 12.1 Å². The van der Waals surface area contributed by atoms with Crippen LogP contribution in [-0.2, 0) is 22.6 Å². The van der Waals surface area contributed by atoms with Crippen LogP contribution in [0.25, 0.3) is 6.08 Å². The third-order valence-electron chi connectivity index (χ3n) is 4.81. The first-order valence-corrected chi connectivity index (χ1v) is 10.8. The number of amides is 2. The first kappa shape index (κ1) is 25.0. The molecule has 0 aromatic heterocycles. The van der Waals surface area contributed by atoms with Gasteiger partial charge in [0, 0.05) is 30.8 Å². The van der Waals surface area contributed by atoms with E-state index >= 15 is 0 Å². The first-order valence-electron chi connectivity index (χ1n) is 10.8. The fourth-order valence-corrected chi connectivity index (χ4v) is 3.01. The highest BCUT2D eigenvalue weighted by molar-refractivity contribution is 5.69. The molecular weight excluding hydrogens is 450 g/mol. The number of rotatable bonds is 10. The Labute approximate surface area is 202 Å². The van der Waals surface area contributed by atoms with Crippen molar-refractivity contribution >= 4 is 23.9 Å². The van der Waals surface area contributed by atoms with E-state index in [0.29, 0.717) is 24.2 Å². The van der Waals surface area contributed by atoms with Gasteiger partial charge in [-0.2, -0.15) is 0 Å². The number of nitro benzene ring substituents is 1. The lowest BCUT2D eigenvalue weighted by molar-refractivity contribution is -0.384. The molecule has 2 N–H and O–H groups in total. The van der Waals surface area contributed by atoms with Gasteiger partial charge in [0.2, 0.25) is 0 Å². The summed E-state index contributed by atoms with van der Waals surface area (Å²) in [5.41, 5.74) is 2.92. The Morgan fingerprint density at radius 3 is 1.63 bits per heavy atom. The van der Waals surface area contributed by atoms with Crippen molar-refractivity contribution in [3.8, 4) is 0 Å². The van der Waals surface area contributed by atoms with Crippen molar-refractivity contribution in [1.82, 2.24) is 10.6 Å². The molecule has 0 aliphatic carbocycles. The number of hydrogen-bond acceptors (Lipinski definition) is 6. The Morgan fingerprint density at radius 2 is 1.20 bits per heavy atom. The van der Waals surface area contributed by atoms with Crippen LogP contribution in [-0.4, -0.2) is 30.3 Å². The predicted octanol–water partition coefficient (Wildman–Crippen LogP) is 4.83. The Balaban J connectivity index is 1.57. The Kier molecular flexibility index (Phi) is 9.38. The fourth-order valence-electron chi connectivity index (χ4n) is 3.01. The summed E-state index contributed by atoms with van der Waals surface area (Å²) in [5.74, 6) is 0. The molecule has 0 unspecified atom stereocenters. The second-order valence-corrected chi connectivity index (χ2v) is 7.48. The normalized spacial score (nSPS) is 10.1. The number of nitrogens with one attached hydrogen (secondary N) is 2. The molecule has 0 saturated heterocycles. The van der Waals surface area contributed by atoms with Crippen molar-refractivity contribution in [2.45, 2.75) is 13.1 Å². The van der Waals surface area contributed by atoms with Gasteiger partial charge in [0.25, 0.3) is 5.69 Å². The molecule has 0 aliphatic rings. The van der Waals surface area contributed by atoms with Crippen molar-refractivity contribution in [2.75, 3.05) is 13.2 Å². The van der Waals surface area contributed by atoms with Crippen LogP contribution in [0.3, 0.4) is 0 Å².